The minimum absolute atomic E-state index is 0.182. The number of aromatic carboxylic acids is 1. The number of halogens is 13. The zero-order valence-electron chi connectivity index (χ0n) is 15.2. The van der Waals surface area contributed by atoms with Gasteiger partial charge in [-0.25, -0.2) is 4.79 Å². The van der Waals surface area contributed by atoms with Gasteiger partial charge in [0.2, 0.25) is 0 Å². The van der Waals surface area contributed by atoms with E-state index in [1.165, 1.54) is 0 Å². The van der Waals surface area contributed by atoms with Crippen molar-refractivity contribution in [3.63, 3.8) is 0 Å². The third-order valence-corrected chi connectivity index (χ3v) is 4.14. The van der Waals surface area contributed by atoms with Gasteiger partial charge >= 0.3 is 41.8 Å². The zero-order valence-corrected chi connectivity index (χ0v) is 15.2. The number of hydrogen-bond donors (Lipinski definition) is 2. The van der Waals surface area contributed by atoms with Crippen LogP contribution in [0.25, 0.3) is 0 Å². The van der Waals surface area contributed by atoms with Gasteiger partial charge in [-0.15, -0.1) is 0 Å². The Labute approximate surface area is 170 Å². The second-order valence-electron chi connectivity index (χ2n) is 6.43. The maximum Gasteiger partial charge on any atom is 0.460 e. The highest BCUT2D eigenvalue weighted by Gasteiger charge is 2.90. The SMILES string of the molecule is O=C(O)c1ccc(CNCCC(F)(F)C(F)(F)C(F)(F)C(F)(F)C(F)(F)C(F)(F)F)cc1. The molecule has 0 fully saturated rings. The van der Waals surface area contributed by atoms with Gasteiger partial charge in [-0.3, -0.25) is 0 Å². The summed E-state index contributed by atoms with van der Waals surface area (Å²) >= 11 is 0. The van der Waals surface area contributed by atoms with Crippen molar-refractivity contribution in [2.24, 2.45) is 0 Å². The summed E-state index contributed by atoms with van der Waals surface area (Å²) in [6, 6.07) is 4.42. The highest BCUT2D eigenvalue weighted by Crippen LogP contribution is 2.60. The molecule has 0 aliphatic carbocycles. The molecule has 0 radical (unpaired) electrons. The first kappa shape index (κ1) is 27.8. The fourth-order valence-electron chi connectivity index (χ4n) is 2.20. The summed E-state index contributed by atoms with van der Waals surface area (Å²) in [4.78, 5) is 10.7. The smallest absolute Gasteiger partial charge is 0.460 e. The molecule has 0 saturated carbocycles. The van der Waals surface area contributed by atoms with Crippen molar-refractivity contribution in [1.29, 1.82) is 0 Å². The minimum Gasteiger partial charge on any atom is -0.478 e. The maximum atomic E-state index is 13.6. The Bertz CT molecular complexity index is 803. The molecule has 16 heteroatoms. The molecule has 1 aromatic carbocycles. The van der Waals surface area contributed by atoms with Gasteiger partial charge in [0.25, 0.3) is 0 Å². The van der Waals surface area contributed by atoms with Crippen LogP contribution >= 0.6 is 0 Å². The molecule has 1 aromatic rings. The van der Waals surface area contributed by atoms with Crippen molar-refractivity contribution in [2.75, 3.05) is 6.54 Å². The first-order valence-electron chi connectivity index (χ1n) is 8.12. The number of hydrogen-bond acceptors (Lipinski definition) is 2. The third-order valence-electron chi connectivity index (χ3n) is 4.14. The van der Waals surface area contributed by atoms with E-state index in [9.17, 15) is 61.9 Å². The van der Waals surface area contributed by atoms with E-state index in [-0.39, 0.29) is 11.1 Å². The van der Waals surface area contributed by atoms with Crippen LogP contribution in [0.5, 0.6) is 0 Å². The van der Waals surface area contributed by atoms with Gasteiger partial charge in [-0.1, -0.05) is 12.1 Å². The van der Waals surface area contributed by atoms with E-state index in [0.29, 0.717) is 0 Å². The first-order chi connectivity index (χ1) is 14.1. The van der Waals surface area contributed by atoms with E-state index in [0.717, 1.165) is 24.3 Å². The van der Waals surface area contributed by atoms with Crippen molar-refractivity contribution in [2.45, 2.75) is 48.8 Å². The number of carboxylic acids is 1. The van der Waals surface area contributed by atoms with E-state index >= 15 is 0 Å². The number of benzene rings is 1. The molecule has 32 heavy (non-hydrogen) atoms. The molecule has 0 aromatic heterocycles. The van der Waals surface area contributed by atoms with E-state index in [1.54, 1.807) is 0 Å². The normalized spacial score (nSPS) is 14.5. The average Bonchev–Trinajstić information content (AvgIpc) is 2.64. The Kier molecular flexibility index (Phi) is 7.46. The Hall–Kier alpha value is -2.26. The second kappa shape index (κ2) is 8.59. The molecular weight excluding hydrogens is 485 g/mol. The van der Waals surface area contributed by atoms with Crippen molar-refractivity contribution in [1.82, 2.24) is 5.32 Å². The Morgan fingerprint density at radius 2 is 1.16 bits per heavy atom. The highest BCUT2D eigenvalue weighted by atomic mass is 19.4. The molecule has 0 unspecified atom stereocenters. The largest absolute Gasteiger partial charge is 0.478 e. The number of carboxylic acid groups (broad SMARTS) is 1. The van der Waals surface area contributed by atoms with Gasteiger partial charge < -0.3 is 10.4 Å². The van der Waals surface area contributed by atoms with Crippen LogP contribution in [0.2, 0.25) is 0 Å². The van der Waals surface area contributed by atoms with Gasteiger partial charge in [0.15, 0.2) is 0 Å². The van der Waals surface area contributed by atoms with E-state index in [2.05, 4.69) is 0 Å². The van der Waals surface area contributed by atoms with Crippen LogP contribution in [0.3, 0.4) is 0 Å². The quantitative estimate of drug-likeness (QED) is 0.327. The highest BCUT2D eigenvalue weighted by molar-refractivity contribution is 5.87. The van der Waals surface area contributed by atoms with Crippen LogP contribution in [-0.2, 0) is 6.54 Å². The number of carbonyl (C=O) groups is 1. The lowest BCUT2D eigenvalue weighted by atomic mass is 9.92. The molecule has 0 atom stereocenters. The average molecular weight is 497 g/mol. The molecule has 1 rings (SSSR count). The van der Waals surface area contributed by atoms with Crippen molar-refractivity contribution < 1.29 is 67.0 Å². The molecule has 0 spiro atoms. The molecular formula is C16H12F13NO2. The lowest BCUT2D eigenvalue weighted by Gasteiger charge is -2.39. The maximum absolute atomic E-state index is 13.6. The molecule has 0 aliphatic heterocycles. The molecule has 184 valence electrons. The Morgan fingerprint density at radius 3 is 1.56 bits per heavy atom. The molecule has 0 amide bonds. The van der Waals surface area contributed by atoms with E-state index in [1.807, 2.05) is 5.32 Å². The van der Waals surface area contributed by atoms with Crippen LogP contribution in [0.4, 0.5) is 57.1 Å². The third kappa shape index (κ3) is 4.73. The van der Waals surface area contributed by atoms with Gasteiger partial charge in [0, 0.05) is 19.5 Å². The molecule has 0 heterocycles. The summed E-state index contributed by atoms with van der Waals surface area (Å²) < 4.78 is 168. The van der Waals surface area contributed by atoms with E-state index < -0.39 is 61.3 Å². The summed E-state index contributed by atoms with van der Waals surface area (Å²) in [5.74, 6) is -38.2. The van der Waals surface area contributed by atoms with Gasteiger partial charge in [-0.2, -0.15) is 57.1 Å². The summed E-state index contributed by atoms with van der Waals surface area (Å²) in [6.45, 7) is -1.72. The fraction of sp³-hybridized carbons (Fsp3) is 0.562. The van der Waals surface area contributed by atoms with Gasteiger partial charge in [0.05, 0.1) is 5.56 Å². The Balaban J connectivity index is 2.94. The molecule has 0 aliphatic rings. The number of rotatable bonds is 10. The monoisotopic (exact) mass is 497 g/mol. The number of nitrogens with one attached hydrogen (secondary N) is 1. The molecule has 0 bridgehead atoms. The fourth-order valence-corrected chi connectivity index (χ4v) is 2.20. The van der Waals surface area contributed by atoms with Crippen molar-refractivity contribution in [3.05, 3.63) is 35.4 Å². The van der Waals surface area contributed by atoms with Crippen LogP contribution in [0.1, 0.15) is 22.3 Å². The van der Waals surface area contributed by atoms with Crippen molar-refractivity contribution >= 4 is 5.97 Å². The molecule has 2 N–H and O–H groups in total. The summed E-state index contributed by atoms with van der Waals surface area (Å²) in [5.41, 5.74) is 0.00510. The van der Waals surface area contributed by atoms with E-state index in [4.69, 9.17) is 5.11 Å². The molecule has 0 saturated heterocycles. The van der Waals surface area contributed by atoms with Crippen LogP contribution in [0, 0.1) is 0 Å². The standard InChI is InChI=1S/C16H12F13NO2/c17-11(18,5-6-30-7-8-1-3-9(4-2-8)10(31)32)12(19,20)13(21,22)14(23,24)15(25,26)16(27,28)29/h1-4,30H,5-7H2,(H,31,32). The lowest BCUT2D eigenvalue weighted by Crippen LogP contribution is -2.70. The van der Waals surface area contributed by atoms with Crippen LogP contribution < -0.4 is 5.32 Å². The Morgan fingerprint density at radius 1 is 0.719 bits per heavy atom. The van der Waals surface area contributed by atoms with Crippen molar-refractivity contribution in [3.8, 4) is 0 Å². The first-order valence-corrected chi connectivity index (χ1v) is 8.12. The summed E-state index contributed by atoms with van der Waals surface area (Å²) in [5, 5.41) is 10.7. The second-order valence-corrected chi connectivity index (χ2v) is 6.43. The lowest BCUT2D eigenvalue weighted by molar-refractivity contribution is -0.440. The molecule has 3 nitrogen and oxygen atoms in total. The zero-order chi connectivity index (χ0) is 25.4. The summed E-state index contributed by atoms with van der Waals surface area (Å²) in [7, 11) is 0. The number of alkyl halides is 13. The van der Waals surface area contributed by atoms with Crippen LogP contribution in [0.15, 0.2) is 24.3 Å². The van der Waals surface area contributed by atoms with Gasteiger partial charge in [0.1, 0.15) is 0 Å². The summed E-state index contributed by atoms with van der Waals surface area (Å²) in [6.07, 6.45) is -9.79. The minimum atomic E-state index is -7.91. The predicted molar refractivity (Wildman–Crippen MR) is 80.5 cm³/mol. The topological polar surface area (TPSA) is 49.3 Å². The predicted octanol–water partition coefficient (Wildman–Crippen LogP) is 5.60. The van der Waals surface area contributed by atoms with Gasteiger partial charge in [-0.05, 0) is 17.7 Å². The van der Waals surface area contributed by atoms with Crippen LogP contribution in [-0.4, -0.2) is 53.4 Å².